The summed E-state index contributed by atoms with van der Waals surface area (Å²) in [5, 5.41) is 8.62. The van der Waals surface area contributed by atoms with Crippen molar-refractivity contribution in [3.63, 3.8) is 0 Å². The number of carbonyl (C=O) groups excluding carboxylic acids is 1. The number of carboxylic acid groups (broad SMARTS) is 1. The number of hydrogen-bond acceptors (Lipinski definition) is 2. The Morgan fingerprint density at radius 3 is 2.48 bits per heavy atom. The van der Waals surface area contributed by atoms with E-state index in [-0.39, 0.29) is 12.3 Å². The zero-order valence-corrected chi connectivity index (χ0v) is 12.2. The molecule has 1 aliphatic heterocycles. The van der Waals surface area contributed by atoms with Gasteiger partial charge in [-0.05, 0) is 32.6 Å². The minimum Gasteiger partial charge on any atom is -0.481 e. The van der Waals surface area contributed by atoms with Gasteiger partial charge in [-0.3, -0.25) is 4.79 Å². The molecule has 0 aliphatic carbocycles. The average Bonchev–Trinajstić information content (AvgIpc) is 2.80. The first kappa shape index (κ1) is 17.6. The second kappa shape index (κ2) is 7.00. The number of carbonyl (C=O) groups is 2. The molecule has 1 heterocycles. The molecule has 122 valence electrons. The van der Waals surface area contributed by atoms with Crippen molar-refractivity contribution in [3.8, 4) is 0 Å². The third kappa shape index (κ3) is 5.81. The summed E-state index contributed by atoms with van der Waals surface area (Å²) in [4.78, 5) is 24.9. The Bertz CT molecular complexity index is 385. The highest BCUT2D eigenvalue weighted by Gasteiger charge is 2.37. The first-order valence-electron chi connectivity index (χ1n) is 6.94. The molecule has 5 nitrogen and oxygen atoms in total. The molecular weight excluding hydrogens is 289 g/mol. The summed E-state index contributed by atoms with van der Waals surface area (Å²) in [5.41, 5.74) is 0. The molecule has 0 aromatic rings. The fourth-order valence-electron chi connectivity index (χ4n) is 2.42. The van der Waals surface area contributed by atoms with Crippen LogP contribution in [0.25, 0.3) is 0 Å². The first-order valence-corrected chi connectivity index (χ1v) is 6.94. The quantitative estimate of drug-likeness (QED) is 0.849. The van der Waals surface area contributed by atoms with Crippen LogP contribution in [0.4, 0.5) is 18.0 Å². The lowest BCUT2D eigenvalue weighted by Crippen LogP contribution is -2.49. The summed E-state index contributed by atoms with van der Waals surface area (Å²) in [6.45, 7) is 2.53. The Morgan fingerprint density at radius 2 is 2.00 bits per heavy atom. The summed E-state index contributed by atoms with van der Waals surface area (Å²) < 4.78 is 37.6. The highest BCUT2D eigenvalue weighted by Crippen LogP contribution is 2.24. The van der Waals surface area contributed by atoms with E-state index >= 15 is 0 Å². The van der Waals surface area contributed by atoms with Gasteiger partial charge in [-0.1, -0.05) is 0 Å². The van der Waals surface area contributed by atoms with Crippen LogP contribution in [0.1, 0.15) is 33.1 Å². The Balaban J connectivity index is 2.59. The number of halogens is 3. The Kier molecular flexibility index (Phi) is 5.86. The van der Waals surface area contributed by atoms with Crippen molar-refractivity contribution in [2.45, 2.75) is 45.3 Å². The molecule has 1 fully saturated rings. The van der Waals surface area contributed by atoms with E-state index < -0.39 is 30.8 Å². The molecule has 0 aromatic heterocycles. The van der Waals surface area contributed by atoms with Crippen molar-refractivity contribution < 1.29 is 27.9 Å². The molecule has 1 N–H and O–H groups in total. The molecule has 21 heavy (non-hydrogen) atoms. The number of urea groups is 1. The fourth-order valence-corrected chi connectivity index (χ4v) is 2.42. The second-order valence-corrected chi connectivity index (χ2v) is 5.65. The molecule has 8 heteroatoms. The number of nitrogens with zero attached hydrogens (tertiary/aromatic N) is 2. The van der Waals surface area contributed by atoms with Crippen LogP contribution in [0.3, 0.4) is 0 Å². The largest absolute Gasteiger partial charge is 0.481 e. The van der Waals surface area contributed by atoms with E-state index in [0.717, 1.165) is 4.90 Å². The minimum absolute atomic E-state index is 0.0170. The van der Waals surface area contributed by atoms with Crippen molar-refractivity contribution in [1.29, 1.82) is 0 Å². The van der Waals surface area contributed by atoms with Crippen molar-refractivity contribution in [2.24, 2.45) is 5.92 Å². The van der Waals surface area contributed by atoms with Gasteiger partial charge in [0, 0.05) is 25.6 Å². The maximum absolute atomic E-state index is 12.5. The number of hydrogen-bond donors (Lipinski definition) is 1. The van der Waals surface area contributed by atoms with Crippen LogP contribution in [-0.4, -0.2) is 58.8 Å². The predicted octanol–water partition coefficient (Wildman–Crippen LogP) is 2.57. The normalized spacial score (nSPS) is 19.1. The Morgan fingerprint density at radius 1 is 1.38 bits per heavy atom. The van der Waals surface area contributed by atoms with E-state index in [1.807, 2.05) is 0 Å². The fraction of sp³-hybridized carbons (Fsp3) is 0.846. The molecule has 1 rings (SSSR count). The van der Waals surface area contributed by atoms with Crippen LogP contribution in [0.5, 0.6) is 0 Å². The summed E-state index contributed by atoms with van der Waals surface area (Å²) in [6, 6.07) is -1.17. The van der Waals surface area contributed by atoms with Gasteiger partial charge < -0.3 is 14.9 Å². The number of likely N-dealkylation sites (tertiary alicyclic amines) is 1. The van der Waals surface area contributed by atoms with Crippen LogP contribution in [0.15, 0.2) is 0 Å². The lowest BCUT2D eigenvalue weighted by atomic mass is 10.0. The summed E-state index contributed by atoms with van der Waals surface area (Å²) in [7, 11) is 0. The topological polar surface area (TPSA) is 60.9 Å². The van der Waals surface area contributed by atoms with E-state index in [0.29, 0.717) is 25.9 Å². The molecule has 0 spiro atoms. The average molecular weight is 310 g/mol. The van der Waals surface area contributed by atoms with E-state index in [1.54, 1.807) is 13.8 Å². The van der Waals surface area contributed by atoms with E-state index in [9.17, 15) is 22.8 Å². The lowest BCUT2D eigenvalue weighted by molar-refractivity contribution is -0.144. The summed E-state index contributed by atoms with van der Waals surface area (Å²) >= 11 is 0. The molecule has 1 saturated heterocycles. The molecule has 2 amide bonds. The molecule has 1 atom stereocenters. The maximum atomic E-state index is 12.5. The Hall–Kier alpha value is -1.47. The van der Waals surface area contributed by atoms with Crippen molar-refractivity contribution >= 4 is 12.0 Å². The minimum atomic E-state index is -4.43. The van der Waals surface area contributed by atoms with Gasteiger partial charge >= 0.3 is 18.2 Å². The van der Waals surface area contributed by atoms with Gasteiger partial charge in [-0.2, -0.15) is 13.2 Å². The number of carboxylic acids is 1. The molecule has 0 radical (unpaired) electrons. The van der Waals surface area contributed by atoms with Gasteiger partial charge in [0.1, 0.15) is 6.54 Å². The SMILES string of the molecule is CC(C)N(CC(F)(F)F)C(=O)N1CCC(CCC(=O)O)C1. The molecule has 1 unspecified atom stereocenters. The van der Waals surface area contributed by atoms with Crippen LogP contribution in [0.2, 0.25) is 0 Å². The van der Waals surface area contributed by atoms with Gasteiger partial charge in [0.25, 0.3) is 0 Å². The van der Waals surface area contributed by atoms with Gasteiger partial charge in [-0.15, -0.1) is 0 Å². The molecular formula is C13H21F3N2O3. The zero-order valence-electron chi connectivity index (χ0n) is 12.2. The monoisotopic (exact) mass is 310 g/mol. The summed E-state index contributed by atoms with van der Waals surface area (Å²) in [6.07, 6.45) is -3.33. The smallest absolute Gasteiger partial charge is 0.406 e. The third-order valence-electron chi connectivity index (χ3n) is 3.54. The molecule has 0 saturated carbocycles. The standard InChI is InChI=1S/C13H21F3N2O3/c1-9(2)18(8-13(14,15)16)12(21)17-6-5-10(7-17)3-4-11(19)20/h9-10H,3-8H2,1-2H3,(H,19,20). The van der Waals surface area contributed by atoms with Gasteiger partial charge in [0.15, 0.2) is 0 Å². The van der Waals surface area contributed by atoms with Crippen LogP contribution >= 0.6 is 0 Å². The Labute approximate surface area is 121 Å². The highest BCUT2D eigenvalue weighted by atomic mass is 19.4. The van der Waals surface area contributed by atoms with Crippen molar-refractivity contribution in [1.82, 2.24) is 9.80 Å². The second-order valence-electron chi connectivity index (χ2n) is 5.65. The zero-order chi connectivity index (χ0) is 16.2. The molecule has 1 aliphatic rings. The maximum Gasteiger partial charge on any atom is 0.406 e. The molecule has 0 aromatic carbocycles. The highest BCUT2D eigenvalue weighted by molar-refractivity contribution is 5.75. The van der Waals surface area contributed by atoms with E-state index in [2.05, 4.69) is 0 Å². The van der Waals surface area contributed by atoms with E-state index in [4.69, 9.17) is 5.11 Å². The van der Waals surface area contributed by atoms with E-state index in [1.165, 1.54) is 4.90 Å². The van der Waals surface area contributed by atoms with Crippen LogP contribution in [0, 0.1) is 5.92 Å². The van der Waals surface area contributed by atoms with Gasteiger partial charge in [-0.25, -0.2) is 4.79 Å². The number of amides is 2. The number of rotatable bonds is 5. The predicted molar refractivity (Wildman–Crippen MR) is 69.8 cm³/mol. The first-order chi connectivity index (χ1) is 9.60. The summed E-state index contributed by atoms with van der Waals surface area (Å²) in [5.74, 6) is -0.856. The number of aliphatic carboxylic acids is 1. The van der Waals surface area contributed by atoms with Crippen molar-refractivity contribution in [3.05, 3.63) is 0 Å². The van der Waals surface area contributed by atoms with Crippen molar-refractivity contribution in [2.75, 3.05) is 19.6 Å². The third-order valence-corrected chi connectivity index (χ3v) is 3.54. The number of alkyl halides is 3. The lowest BCUT2D eigenvalue weighted by Gasteiger charge is -2.31. The van der Waals surface area contributed by atoms with Crippen LogP contribution < -0.4 is 0 Å². The molecule has 0 bridgehead atoms. The van der Waals surface area contributed by atoms with Crippen LogP contribution in [-0.2, 0) is 4.79 Å². The van der Waals surface area contributed by atoms with Gasteiger partial charge in [0.05, 0.1) is 0 Å². The van der Waals surface area contributed by atoms with Gasteiger partial charge in [0.2, 0.25) is 0 Å².